The van der Waals surface area contributed by atoms with Crippen LogP contribution in [0.25, 0.3) is 0 Å². The molecule has 2 atom stereocenters. The van der Waals surface area contributed by atoms with Crippen LogP contribution in [0.1, 0.15) is 6.42 Å². The highest BCUT2D eigenvalue weighted by Crippen LogP contribution is 2.35. The number of carboxylic acids is 1. The molecule has 8 heteroatoms. The van der Waals surface area contributed by atoms with Crippen molar-refractivity contribution in [3.05, 3.63) is 0 Å². The number of carboxylic acid groups (broad SMARTS) is 1. The van der Waals surface area contributed by atoms with E-state index in [1.807, 2.05) is 0 Å². The number of rotatable bonds is 6. The number of hydrogen-bond donors (Lipinski definition) is 4. The molecule has 0 aromatic heterocycles. The first-order valence-electron chi connectivity index (χ1n) is 5.58. The second kappa shape index (κ2) is 8.61. The van der Waals surface area contributed by atoms with Crippen molar-refractivity contribution >= 4 is 13.3 Å². The van der Waals surface area contributed by atoms with Gasteiger partial charge < -0.3 is 25.3 Å². The average Bonchev–Trinajstić information content (AvgIpc) is 2.11. The van der Waals surface area contributed by atoms with E-state index in [1.165, 1.54) is 6.66 Å². The summed E-state index contributed by atoms with van der Waals surface area (Å²) in [6.45, 7) is 2.30. The van der Waals surface area contributed by atoms with E-state index in [4.69, 9.17) is 20.8 Å². The number of aliphatic carboxylic acids is 1. The number of carbonyl (C=O) groups is 1. The zero-order valence-corrected chi connectivity index (χ0v) is 12.4. The minimum absolute atomic E-state index is 0.0412. The fourth-order valence-electron chi connectivity index (χ4n) is 0.802. The third-order valence-corrected chi connectivity index (χ3v) is 3.03. The van der Waals surface area contributed by atoms with Crippen LogP contribution < -0.4 is 5.73 Å². The van der Waals surface area contributed by atoms with Crippen LogP contribution >= 0.6 is 7.37 Å². The second-order valence-corrected chi connectivity index (χ2v) is 7.79. The maximum Gasteiger partial charge on any atom is 0.320 e. The van der Waals surface area contributed by atoms with Crippen LogP contribution in [0.4, 0.5) is 0 Å². The lowest BCUT2D eigenvalue weighted by molar-refractivity contribution is -0.870. The summed E-state index contributed by atoms with van der Waals surface area (Å²) in [5.41, 5.74) is 5.09. The molecule has 0 aromatic carbocycles. The van der Waals surface area contributed by atoms with E-state index in [0.29, 0.717) is 0 Å². The van der Waals surface area contributed by atoms with Gasteiger partial charge in [0, 0.05) is 12.8 Å². The fourth-order valence-corrected chi connectivity index (χ4v) is 1.56. The highest BCUT2D eigenvalue weighted by atomic mass is 31.2. The quantitative estimate of drug-likeness (QED) is 0.381. The van der Waals surface area contributed by atoms with Crippen LogP contribution in [0.3, 0.4) is 0 Å². The molecule has 0 aliphatic rings. The van der Waals surface area contributed by atoms with Crippen molar-refractivity contribution < 1.29 is 28.9 Å². The molecule has 18 heavy (non-hydrogen) atoms. The molecule has 7 nitrogen and oxygen atoms in total. The first-order chi connectivity index (χ1) is 7.89. The normalized spacial score (nSPS) is 16.2. The van der Waals surface area contributed by atoms with Gasteiger partial charge in [0.1, 0.15) is 12.6 Å². The van der Waals surface area contributed by atoms with E-state index in [9.17, 15) is 9.36 Å². The number of hydrogen-bond acceptors (Lipinski definition) is 4. The monoisotopic (exact) mass is 285 g/mol. The van der Waals surface area contributed by atoms with Gasteiger partial charge in [-0.2, -0.15) is 0 Å². The maximum atomic E-state index is 10.6. The van der Waals surface area contributed by atoms with Crippen molar-refractivity contribution in [2.75, 3.05) is 47.1 Å². The van der Waals surface area contributed by atoms with Crippen molar-refractivity contribution in [1.82, 2.24) is 0 Å². The Morgan fingerprint density at radius 2 is 1.83 bits per heavy atom. The highest BCUT2D eigenvalue weighted by molar-refractivity contribution is 7.57. The topological polar surface area (TPSA) is 121 Å². The van der Waals surface area contributed by atoms with Crippen LogP contribution in [-0.2, 0) is 9.36 Å². The SMILES string of the molecule is CP(=O)(O)CCC(N)C(=O)O.C[N+](C)(C)CCO. The van der Waals surface area contributed by atoms with Crippen LogP contribution in [0.2, 0.25) is 0 Å². The molecule has 0 saturated heterocycles. The summed E-state index contributed by atoms with van der Waals surface area (Å²) < 4.78 is 11.5. The largest absolute Gasteiger partial charge is 0.480 e. The summed E-state index contributed by atoms with van der Waals surface area (Å²) in [5.74, 6) is -1.14. The van der Waals surface area contributed by atoms with Gasteiger partial charge in [-0.15, -0.1) is 0 Å². The lowest BCUT2D eigenvalue weighted by Crippen LogP contribution is -2.36. The van der Waals surface area contributed by atoms with Gasteiger partial charge >= 0.3 is 5.97 Å². The Hall–Kier alpha value is -0.460. The van der Waals surface area contributed by atoms with Crippen LogP contribution in [0.15, 0.2) is 0 Å². The molecular weight excluding hydrogens is 259 g/mol. The second-order valence-electron chi connectivity index (χ2n) is 5.25. The molecule has 0 amide bonds. The van der Waals surface area contributed by atoms with Gasteiger partial charge in [-0.1, -0.05) is 0 Å². The Morgan fingerprint density at radius 3 is 2.00 bits per heavy atom. The summed E-state index contributed by atoms with van der Waals surface area (Å²) in [4.78, 5) is 18.9. The Labute approximate surface area is 108 Å². The van der Waals surface area contributed by atoms with Crippen molar-refractivity contribution in [3.8, 4) is 0 Å². The molecule has 0 fully saturated rings. The number of nitrogens with zero attached hydrogens (tertiary/aromatic N) is 1. The molecule has 110 valence electrons. The summed E-state index contributed by atoms with van der Waals surface area (Å²) in [7, 11) is 3.05. The molecular formula is C10H26N2O5P+. The molecule has 0 radical (unpaired) electrons. The van der Waals surface area contributed by atoms with E-state index in [1.54, 1.807) is 0 Å². The zero-order chi connectivity index (χ0) is 15.0. The van der Waals surface area contributed by atoms with Crippen molar-refractivity contribution in [1.29, 1.82) is 0 Å². The molecule has 0 heterocycles. The lowest BCUT2D eigenvalue weighted by atomic mass is 10.2. The predicted octanol–water partition coefficient (Wildman–Crippen LogP) is -0.626. The van der Waals surface area contributed by atoms with Gasteiger partial charge in [0.2, 0.25) is 0 Å². The van der Waals surface area contributed by atoms with E-state index < -0.39 is 19.4 Å². The van der Waals surface area contributed by atoms with Crippen LogP contribution in [-0.4, -0.2) is 78.7 Å². The first-order valence-corrected chi connectivity index (χ1v) is 7.87. The number of aliphatic hydroxyl groups excluding tert-OH is 1. The minimum atomic E-state index is -3.10. The third-order valence-electron chi connectivity index (χ3n) is 1.94. The number of aliphatic hydroxyl groups is 1. The van der Waals surface area contributed by atoms with E-state index in [2.05, 4.69) is 21.1 Å². The highest BCUT2D eigenvalue weighted by Gasteiger charge is 2.16. The molecule has 2 unspecified atom stereocenters. The van der Waals surface area contributed by atoms with E-state index >= 15 is 0 Å². The molecule has 0 bridgehead atoms. The van der Waals surface area contributed by atoms with E-state index in [0.717, 1.165) is 11.0 Å². The van der Waals surface area contributed by atoms with Crippen LogP contribution in [0.5, 0.6) is 0 Å². The Bertz CT molecular complexity index is 284. The molecule has 0 saturated carbocycles. The predicted molar refractivity (Wildman–Crippen MR) is 70.8 cm³/mol. The molecule has 0 spiro atoms. The molecule has 5 N–H and O–H groups in total. The van der Waals surface area contributed by atoms with Gasteiger partial charge in [0.15, 0.2) is 7.37 Å². The number of nitrogens with two attached hydrogens (primary N) is 1. The Balaban J connectivity index is 0. The standard InChI is InChI=1S/C5H12NO4P.C5H14NO/c1-11(9,10)3-2-4(6)5(7)8;1-6(2,3)4-5-7/h4H,2-3,6H2,1H3,(H,7,8)(H,9,10);7H,4-5H2,1-3H3/q;+1. The Kier molecular flexibility index (Phi) is 9.50. The summed E-state index contributed by atoms with van der Waals surface area (Å²) >= 11 is 0. The van der Waals surface area contributed by atoms with Crippen LogP contribution in [0, 0.1) is 0 Å². The van der Waals surface area contributed by atoms with Gasteiger partial charge in [-0.25, -0.2) is 0 Å². The first kappa shape index (κ1) is 19.9. The Morgan fingerprint density at radius 1 is 1.39 bits per heavy atom. The molecule has 0 aliphatic carbocycles. The van der Waals surface area contributed by atoms with Crippen molar-refractivity contribution in [2.24, 2.45) is 5.73 Å². The molecule has 0 aliphatic heterocycles. The summed E-state index contributed by atoms with van der Waals surface area (Å²) in [6.07, 6.45) is 0.0000772. The smallest absolute Gasteiger partial charge is 0.320 e. The molecule has 0 aromatic rings. The average molecular weight is 285 g/mol. The number of quaternary nitrogens is 1. The van der Waals surface area contributed by atoms with Gasteiger partial charge in [0.05, 0.1) is 27.7 Å². The molecule has 0 rings (SSSR count). The zero-order valence-electron chi connectivity index (χ0n) is 11.5. The van der Waals surface area contributed by atoms with Crippen molar-refractivity contribution in [3.63, 3.8) is 0 Å². The number of likely N-dealkylation sites (N-methyl/N-ethyl adjacent to an activating group) is 1. The lowest BCUT2D eigenvalue weighted by Gasteiger charge is -2.21. The minimum Gasteiger partial charge on any atom is -0.480 e. The van der Waals surface area contributed by atoms with Gasteiger partial charge in [-0.05, 0) is 6.42 Å². The van der Waals surface area contributed by atoms with E-state index in [-0.39, 0.29) is 19.2 Å². The van der Waals surface area contributed by atoms with Gasteiger partial charge in [-0.3, -0.25) is 9.36 Å². The van der Waals surface area contributed by atoms with Crippen molar-refractivity contribution in [2.45, 2.75) is 12.5 Å². The summed E-state index contributed by atoms with van der Waals surface area (Å²) in [6, 6.07) is -1.03. The summed E-state index contributed by atoms with van der Waals surface area (Å²) in [5, 5.41) is 16.7. The fraction of sp³-hybridized carbons (Fsp3) is 0.900. The third kappa shape index (κ3) is 17.9. The maximum absolute atomic E-state index is 10.6. The van der Waals surface area contributed by atoms with Gasteiger partial charge in [0.25, 0.3) is 0 Å².